The van der Waals surface area contributed by atoms with Crippen LogP contribution in [0.15, 0.2) is 16.6 Å². The Bertz CT molecular complexity index is 322. The number of aromatic hydroxyl groups is 1. The largest absolute Gasteiger partial charge is 0.506 e. The third kappa shape index (κ3) is 3.00. The van der Waals surface area contributed by atoms with Gasteiger partial charge in [0.1, 0.15) is 5.75 Å². The molecule has 6 heteroatoms. The maximum Gasteiger partial charge on any atom is 0.134 e. The molecule has 3 nitrogen and oxygen atoms in total. The van der Waals surface area contributed by atoms with Crippen molar-refractivity contribution in [2.45, 2.75) is 6.04 Å². The number of phenols is 1. The summed E-state index contributed by atoms with van der Waals surface area (Å²) in [6.45, 7) is 0.264. The summed E-state index contributed by atoms with van der Waals surface area (Å²) in [5, 5.41) is 10.1. The summed E-state index contributed by atoms with van der Waals surface area (Å²) < 4.78 is 0.527. The maximum absolute atomic E-state index is 9.58. The van der Waals surface area contributed by atoms with Crippen LogP contribution in [0.3, 0.4) is 0 Å². The molecule has 0 heterocycles. The number of hydrogen-bond donors (Lipinski definition) is 3. The zero-order chi connectivity index (χ0) is 10.0. The van der Waals surface area contributed by atoms with Gasteiger partial charge in [0, 0.05) is 23.2 Å². The molecule has 0 amide bonds. The van der Waals surface area contributed by atoms with Gasteiger partial charge in [-0.25, -0.2) is 0 Å². The van der Waals surface area contributed by atoms with Gasteiger partial charge < -0.3 is 16.6 Å². The molecular weight excluding hydrogens is 291 g/mol. The predicted molar refractivity (Wildman–Crippen MR) is 64.0 cm³/mol. The molecule has 0 spiro atoms. The third-order valence-corrected chi connectivity index (χ3v) is 2.53. The summed E-state index contributed by atoms with van der Waals surface area (Å²) in [6.07, 6.45) is 0. The van der Waals surface area contributed by atoms with E-state index >= 15 is 0 Å². The molecule has 0 aliphatic carbocycles. The molecule has 0 radical (unpaired) electrons. The Balaban J connectivity index is 0.00000169. The van der Waals surface area contributed by atoms with Gasteiger partial charge in [-0.2, -0.15) is 0 Å². The number of phenolic OH excluding ortho intramolecular Hbond substituents is 1. The van der Waals surface area contributed by atoms with Crippen molar-refractivity contribution in [2.24, 2.45) is 11.5 Å². The van der Waals surface area contributed by atoms with E-state index in [0.717, 1.165) is 0 Å². The van der Waals surface area contributed by atoms with Gasteiger partial charge in [-0.05, 0) is 28.1 Å². The van der Waals surface area contributed by atoms with Crippen molar-refractivity contribution in [1.29, 1.82) is 0 Å². The number of halogens is 3. The molecule has 0 aromatic heterocycles. The lowest BCUT2D eigenvalue weighted by Crippen LogP contribution is -2.20. The van der Waals surface area contributed by atoms with Gasteiger partial charge in [-0.15, -0.1) is 12.4 Å². The van der Waals surface area contributed by atoms with Gasteiger partial charge in [0.25, 0.3) is 0 Å². The van der Waals surface area contributed by atoms with E-state index in [2.05, 4.69) is 15.9 Å². The monoisotopic (exact) mass is 300 g/mol. The first-order valence-corrected chi connectivity index (χ1v) is 4.87. The van der Waals surface area contributed by atoms with Gasteiger partial charge >= 0.3 is 0 Å². The molecule has 0 saturated carbocycles. The Morgan fingerprint density at radius 1 is 1.50 bits per heavy atom. The second kappa shape index (κ2) is 5.78. The topological polar surface area (TPSA) is 72.3 Å². The highest BCUT2D eigenvalue weighted by Crippen LogP contribution is 2.33. The fourth-order valence-electron chi connectivity index (χ4n) is 0.996. The first kappa shape index (κ1) is 14.0. The van der Waals surface area contributed by atoms with Crippen LogP contribution in [0.1, 0.15) is 11.6 Å². The number of benzene rings is 1. The molecule has 1 rings (SSSR count). The van der Waals surface area contributed by atoms with Crippen molar-refractivity contribution in [3.8, 4) is 5.75 Å². The van der Waals surface area contributed by atoms with Crippen LogP contribution in [0, 0.1) is 0 Å². The van der Waals surface area contributed by atoms with Crippen molar-refractivity contribution >= 4 is 39.9 Å². The van der Waals surface area contributed by atoms with Crippen LogP contribution in [0.2, 0.25) is 5.02 Å². The molecule has 5 N–H and O–H groups in total. The second-order valence-electron chi connectivity index (χ2n) is 2.67. The average Bonchev–Trinajstić information content (AvgIpc) is 2.10. The van der Waals surface area contributed by atoms with E-state index in [1.54, 1.807) is 12.1 Å². The van der Waals surface area contributed by atoms with Crippen LogP contribution in [-0.4, -0.2) is 11.7 Å². The molecule has 0 aliphatic heterocycles. The molecule has 80 valence electrons. The Kier molecular flexibility index (Phi) is 5.78. The summed E-state index contributed by atoms with van der Waals surface area (Å²) in [5.41, 5.74) is 11.6. The highest BCUT2D eigenvalue weighted by atomic mass is 79.9. The van der Waals surface area contributed by atoms with Crippen LogP contribution in [0.5, 0.6) is 5.75 Å². The van der Waals surface area contributed by atoms with E-state index < -0.39 is 6.04 Å². The average molecular weight is 302 g/mol. The number of rotatable bonds is 2. The lowest BCUT2D eigenvalue weighted by atomic mass is 10.1. The zero-order valence-electron chi connectivity index (χ0n) is 7.21. The molecular formula is C8H11BrCl2N2O. The van der Waals surface area contributed by atoms with Crippen LogP contribution in [0.4, 0.5) is 0 Å². The quantitative estimate of drug-likeness (QED) is 0.784. The first-order chi connectivity index (χ1) is 6.06. The van der Waals surface area contributed by atoms with E-state index in [-0.39, 0.29) is 24.7 Å². The van der Waals surface area contributed by atoms with E-state index in [1.807, 2.05) is 0 Å². The summed E-state index contributed by atoms with van der Waals surface area (Å²) in [4.78, 5) is 0. The molecule has 0 saturated heterocycles. The van der Waals surface area contributed by atoms with E-state index in [0.29, 0.717) is 15.1 Å². The Labute approximate surface area is 102 Å². The van der Waals surface area contributed by atoms with Crippen molar-refractivity contribution in [1.82, 2.24) is 0 Å². The standard InChI is InChI=1S/C8H10BrClN2O.ClH/c9-6-2-4(10)1-5(8(6)13)7(12)3-11;/h1-2,7,13H,3,11-12H2;1H/t7-;/m1./s1. The molecule has 0 fully saturated rings. The summed E-state index contributed by atoms with van der Waals surface area (Å²) >= 11 is 8.95. The lowest BCUT2D eigenvalue weighted by Gasteiger charge is -2.12. The minimum atomic E-state index is -0.394. The Morgan fingerprint density at radius 2 is 2.07 bits per heavy atom. The van der Waals surface area contributed by atoms with Crippen LogP contribution in [-0.2, 0) is 0 Å². The summed E-state index contributed by atoms with van der Waals surface area (Å²) in [7, 11) is 0. The fraction of sp³-hybridized carbons (Fsp3) is 0.250. The highest BCUT2D eigenvalue weighted by molar-refractivity contribution is 9.10. The van der Waals surface area contributed by atoms with Crippen molar-refractivity contribution in [3.63, 3.8) is 0 Å². The van der Waals surface area contributed by atoms with E-state index in [9.17, 15) is 5.11 Å². The minimum Gasteiger partial charge on any atom is -0.506 e. The smallest absolute Gasteiger partial charge is 0.134 e. The number of nitrogens with two attached hydrogens (primary N) is 2. The molecule has 0 aliphatic rings. The molecule has 0 bridgehead atoms. The van der Waals surface area contributed by atoms with E-state index in [4.69, 9.17) is 23.1 Å². The van der Waals surface area contributed by atoms with Gasteiger partial charge in [0.15, 0.2) is 0 Å². The Morgan fingerprint density at radius 3 is 2.57 bits per heavy atom. The molecule has 1 aromatic rings. The first-order valence-electron chi connectivity index (χ1n) is 3.69. The third-order valence-electron chi connectivity index (χ3n) is 1.71. The van der Waals surface area contributed by atoms with Gasteiger partial charge in [0.05, 0.1) is 4.47 Å². The fourth-order valence-corrected chi connectivity index (χ4v) is 1.83. The molecule has 1 atom stereocenters. The molecule has 0 unspecified atom stereocenters. The zero-order valence-corrected chi connectivity index (χ0v) is 10.4. The second-order valence-corrected chi connectivity index (χ2v) is 3.96. The lowest BCUT2D eigenvalue weighted by molar-refractivity contribution is 0.458. The van der Waals surface area contributed by atoms with Crippen LogP contribution in [0.25, 0.3) is 0 Å². The summed E-state index contributed by atoms with van der Waals surface area (Å²) in [6, 6.07) is 2.82. The highest BCUT2D eigenvalue weighted by Gasteiger charge is 2.12. The molecule has 14 heavy (non-hydrogen) atoms. The van der Waals surface area contributed by atoms with Gasteiger partial charge in [0.2, 0.25) is 0 Å². The van der Waals surface area contributed by atoms with Crippen molar-refractivity contribution in [3.05, 3.63) is 27.2 Å². The van der Waals surface area contributed by atoms with Crippen molar-refractivity contribution in [2.75, 3.05) is 6.54 Å². The Hall–Kier alpha value is -0.000000000000000111. The normalized spacial score (nSPS) is 12.0. The maximum atomic E-state index is 9.58. The van der Waals surface area contributed by atoms with Crippen molar-refractivity contribution < 1.29 is 5.11 Å². The van der Waals surface area contributed by atoms with E-state index in [1.165, 1.54) is 0 Å². The molecule has 1 aromatic carbocycles. The number of hydrogen-bond acceptors (Lipinski definition) is 3. The van der Waals surface area contributed by atoms with Gasteiger partial charge in [-0.1, -0.05) is 11.6 Å². The predicted octanol–water partition coefficient (Wildman–Crippen LogP) is 2.19. The minimum absolute atomic E-state index is 0. The van der Waals surface area contributed by atoms with Crippen LogP contribution >= 0.6 is 39.9 Å². The summed E-state index contributed by atoms with van der Waals surface area (Å²) in [5.74, 6) is 0.0994. The SMILES string of the molecule is Cl.NC[C@@H](N)c1cc(Cl)cc(Br)c1O. The van der Waals surface area contributed by atoms with Crippen LogP contribution < -0.4 is 11.5 Å². The van der Waals surface area contributed by atoms with Gasteiger partial charge in [-0.3, -0.25) is 0 Å².